The van der Waals surface area contributed by atoms with Gasteiger partial charge in [0, 0.05) is 24.5 Å². The van der Waals surface area contributed by atoms with E-state index in [9.17, 15) is 5.11 Å². The van der Waals surface area contributed by atoms with E-state index in [2.05, 4.69) is 34.6 Å². The molecule has 0 saturated carbocycles. The molecular formula is C17H19N3O. The molecule has 0 aliphatic rings. The Hall–Kier alpha value is -2.49. The van der Waals surface area contributed by atoms with Crippen LogP contribution in [0.2, 0.25) is 0 Å². The van der Waals surface area contributed by atoms with Crippen LogP contribution >= 0.6 is 0 Å². The predicted molar refractivity (Wildman–Crippen MR) is 85.6 cm³/mol. The number of anilines is 1. The second kappa shape index (κ2) is 5.48. The average Bonchev–Trinajstić information content (AvgIpc) is 2.89. The molecule has 2 heterocycles. The Morgan fingerprint density at radius 2 is 2.10 bits per heavy atom. The highest BCUT2D eigenvalue weighted by Gasteiger charge is 2.09. The van der Waals surface area contributed by atoms with E-state index in [0.717, 1.165) is 29.1 Å². The summed E-state index contributed by atoms with van der Waals surface area (Å²) < 4.78 is 2.09. The number of phenols is 1. The van der Waals surface area contributed by atoms with Crippen molar-refractivity contribution in [2.45, 2.75) is 13.8 Å². The molecule has 0 radical (unpaired) electrons. The molecule has 0 fully saturated rings. The lowest BCUT2D eigenvalue weighted by atomic mass is 10.1. The topological polar surface area (TPSA) is 49.6 Å². The van der Waals surface area contributed by atoms with Gasteiger partial charge < -0.3 is 14.8 Å². The summed E-state index contributed by atoms with van der Waals surface area (Å²) in [4.78, 5) is 4.42. The van der Waals surface area contributed by atoms with Gasteiger partial charge in [0.25, 0.3) is 0 Å². The van der Waals surface area contributed by atoms with E-state index in [1.54, 1.807) is 18.3 Å². The quantitative estimate of drug-likeness (QED) is 0.765. The van der Waals surface area contributed by atoms with Gasteiger partial charge in [-0.15, -0.1) is 0 Å². The summed E-state index contributed by atoms with van der Waals surface area (Å²) in [7, 11) is 0. The van der Waals surface area contributed by atoms with E-state index < -0.39 is 0 Å². The fraction of sp³-hybridized carbons (Fsp3) is 0.235. The molecule has 0 atom stereocenters. The van der Waals surface area contributed by atoms with E-state index in [1.807, 2.05) is 24.4 Å². The first kappa shape index (κ1) is 13.5. The fourth-order valence-corrected chi connectivity index (χ4v) is 2.38. The van der Waals surface area contributed by atoms with Crippen molar-refractivity contribution in [3.8, 4) is 17.0 Å². The molecule has 108 valence electrons. The summed E-state index contributed by atoms with van der Waals surface area (Å²) in [6.45, 7) is 5.23. The number of nitrogens with zero attached hydrogens (tertiary/aromatic N) is 2. The molecule has 0 bridgehead atoms. The number of rotatable bonds is 4. The van der Waals surface area contributed by atoms with Crippen LogP contribution in [0, 0.1) is 5.92 Å². The molecule has 4 nitrogen and oxygen atoms in total. The molecule has 3 rings (SSSR count). The number of fused-ring (bicyclic) bond motifs is 1. The first-order valence-corrected chi connectivity index (χ1v) is 7.14. The van der Waals surface area contributed by atoms with E-state index in [0.29, 0.717) is 5.92 Å². The van der Waals surface area contributed by atoms with Gasteiger partial charge in [-0.2, -0.15) is 0 Å². The highest BCUT2D eigenvalue weighted by atomic mass is 16.3. The maximum absolute atomic E-state index is 9.65. The zero-order valence-corrected chi connectivity index (χ0v) is 12.2. The first-order valence-electron chi connectivity index (χ1n) is 7.14. The van der Waals surface area contributed by atoms with Gasteiger partial charge in [-0.3, -0.25) is 0 Å². The van der Waals surface area contributed by atoms with Crippen LogP contribution < -0.4 is 5.32 Å². The van der Waals surface area contributed by atoms with Crippen LogP contribution in [0.1, 0.15) is 13.8 Å². The van der Waals surface area contributed by atoms with Gasteiger partial charge in [0.05, 0.1) is 11.2 Å². The minimum Gasteiger partial charge on any atom is -0.508 e. The van der Waals surface area contributed by atoms with Gasteiger partial charge in [-0.1, -0.05) is 26.0 Å². The summed E-state index contributed by atoms with van der Waals surface area (Å²) in [5.41, 5.74) is 3.06. The summed E-state index contributed by atoms with van der Waals surface area (Å²) >= 11 is 0. The Morgan fingerprint density at radius 3 is 2.86 bits per heavy atom. The number of phenolic OH excluding ortho intramolecular Hbond substituents is 1. The van der Waals surface area contributed by atoms with Crippen LogP contribution in [0.25, 0.3) is 16.8 Å². The van der Waals surface area contributed by atoms with E-state index in [4.69, 9.17) is 0 Å². The zero-order chi connectivity index (χ0) is 14.8. The highest BCUT2D eigenvalue weighted by molar-refractivity contribution is 5.75. The number of aromatic nitrogens is 2. The minimum absolute atomic E-state index is 0.273. The molecule has 0 unspecified atom stereocenters. The Bertz CT molecular complexity index is 762. The van der Waals surface area contributed by atoms with Crippen molar-refractivity contribution in [2.24, 2.45) is 5.92 Å². The van der Waals surface area contributed by atoms with Gasteiger partial charge in [0.1, 0.15) is 11.6 Å². The van der Waals surface area contributed by atoms with Gasteiger partial charge in [-0.05, 0) is 30.2 Å². The lowest BCUT2D eigenvalue weighted by molar-refractivity contribution is 0.475. The molecular weight excluding hydrogens is 262 g/mol. The minimum atomic E-state index is 0.273. The molecule has 4 heteroatoms. The maximum Gasteiger partial charge on any atom is 0.150 e. The van der Waals surface area contributed by atoms with Gasteiger partial charge in [-0.25, -0.2) is 4.98 Å². The van der Waals surface area contributed by atoms with Crippen molar-refractivity contribution in [3.05, 3.63) is 48.8 Å². The third kappa shape index (κ3) is 2.70. The lowest BCUT2D eigenvalue weighted by Crippen LogP contribution is -2.10. The third-order valence-corrected chi connectivity index (χ3v) is 3.40. The zero-order valence-electron chi connectivity index (χ0n) is 12.2. The lowest BCUT2D eigenvalue weighted by Gasteiger charge is -2.10. The molecule has 21 heavy (non-hydrogen) atoms. The summed E-state index contributed by atoms with van der Waals surface area (Å²) in [5.74, 6) is 1.72. The van der Waals surface area contributed by atoms with Crippen molar-refractivity contribution in [1.29, 1.82) is 0 Å². The maximum atomic E-state index is 9.65. The summed E-state index contributed by atoms with van der Waals surface area (Å²) in [6, 6.07) is 11.4. The average molecular weight is 281 g/mol. The number of nitrogens with one attached hydrogen (secondary N) is 1. The molecule has 2 aromatic heterocycles. The summed E-state index contributed by atoms with van der Waals surface area (Å²) in [5, 5.41) is 13.0. The molecule has 0 aliphatic heterocycles. The molecule has 0 amide bonds. The van der Waals surface area contributed by atoms with Gasteiger partial charge >= 0.3 is 0 Å². The molecule has 2 N–H and O–H groups in total. The van der Waals surface area contributed by atoms with Crippen LogP contribution in [0.15, 0.2) is 48.8 Å². The van der Waals surface area contributed by atoms with Crippen molar-refractivity contribution < 1.29 is 5.11 Å². The SMILES string of the molecule is CC(C)CNc1nccn2c(-c3cccc(O)c3)ccc12. The van der Waals surface area contributed by atoms with Crippen LogP contribution in [-0.2, 0) is 0 Å². The monoisotopic (exact) mass is 281 g/mol. The second-order valence-corrected chi connectivity index (χ2v) is 5.57. The van der Waals surface area contributed by atoms with Crippen molar-refractivity contribution >= 4 is 11.3 Å². The van der Waals surface area contributed by atoms with Crippen LogP contribution in [0.3, 0.4) is 0 Å². The number of hydrogen-bond donors (Lipinski definition) is 2. The number of aromatic hydroxyl groups is 1. The van der Waals surface area contributed by atoms with E-state index in [-0.39, 0.29) is 5.75 Å². The van der Waals surface area contributed by atoms with Gasteiger partial charge in [0.2, 0.25) is 0 Å². The standard InChI is InChI=1S/C17H19N3O/c1-12(2)11-19-17-16-7-6-15(20(16)9-8-18-17)13-4-3-5-14(21)10-13/h3-10,12,21H,11H2,1-2H3,(H,18,19). The van der Waals surface area contributed by atoms with Crippen LogP contribution in [-0.4, -0.2) is 21.0 Å². The Balaban J connectivity index is 2.05. The normalized spacial score (nSPS) is 11.2. The van der Waals surface area contributed by atoms with Crippen LogP contribution in [0.4, 0.5) is 5.82 Å². The molecule has 0 spiro atoms. The molecule has 0 aliphatic carbocycles. The predicted octanol–water partition coefficient (Wildman–Crippen LogP) is 3.77. The Labute approximate surface area is 124 Å². The Kier molecular flexibility index (Phi) is 3.52. The van der Waals surface area contributed by atoms with E-state index in [1.165, 1.54) is 0 Å². The second-order valence-electron chi connectivity index (χ2n) is 5.57. The van der Waals surface area contributed by atoms with E-state index >= 15 is 0 Å². The number of benzene rings is 1. The fourth-order valence-electron chi connectivity index (χ4n) is 2.38. The largest absolute Gasteiger partial charge is 0.508 e. The molecule has 1 aromatic carbocycles. The smallest absolute Gasteiger partial charge is 0.150 e. The molecule has 3 aromatic rings. The van der Waals surface area contributed by atoms with Crippen LogP contribution in [0.5, 0.6) is 5.75 Å². The highest BCUT2D eigenvalue weighted by Crippen LogP contribution is 2.27. The van der Waals surface area contributed by atoms with Crippen molar-refractivity contribution in [1.82, 2.24) is 9.38 Å². The first-order chi connectivity index (χ1) is 10.1. The number of hydrogen-bond acceptors (Lipinski definition) is 3. The van der Waals surface area contributed by atoms with Gasteiger partial charge in [0.15, 0.2) is 0 Å². The third-order valence-electron chi connectivity index (χ3n) is 3.40. The molecule has 0 saturated heterocycles. The van der Waals surface area contributed by atoms with Crippen molar-refractivity contribution in [2.75, 3.05) is 11.9 Å². The van der Waals surface area contributed by atoms with Crippen molar-refractivity contribution in [3.63, 3.8) is 0 Å². The summed E-state index contributed by atoms with van der Waals surface area (Å²) in [6.07, 6.45) is 3.73. The Morgan fingerprint density at radius 1 is 1.24 bits per heavy atom.